The number of likely N-dealkylation sites (tertiary alicyclic amines) is 1. The Morgan fingerprint density at radius 3 is 2.92 bits per heavy atom. The smallest absolute Gasteiger partial charge is 0.317 e. The number of furan rings is 1. The predicted molar refractivity (Wildman–Crippen MR) is 93.1 cm³/mol. The summed E-state index contributed by atoms with van der Waals surface area (Å²) in [5, 5.41) is 4.01. The van der Waals surface area contributed by atoms with E-state index in [-0.39, 0.29) is 11.9 Å². The van der Waals surface area contributed by atoms with Crippen molar-refractivity contribution in [1.29, 1.82) is 0 Å². The molecule has 2 amide bonds. The van der Waals surface area contributed by atoms with E-state index < -0.39 is 5.79 Å². The molecule has 0 saturated carbocycles. The number of carbonyl (C=O) groups is 1. The van der Waals surface area contributed by atoms with Crippen LogP contribution in [-0.2, 0) is 16.0 Å². The number of para-hydroxylation sites is 1. The number of hydrogen-bond donors (Lipinski definition) is 1. The molecule has 1 N–H and O–H groups in total. The molecule has 134 valence electrons. The minimum Gasteiger partial charge on any atom is -0.459 e. The number of carbonyl (C=O) groups excluding carboxylic acids is 1. The largest absolute Gasteiger partial charge is 0.459 e. The second kappa shape index (κ2) is 6.69. The van der Waals surface area contributed by atoms with Crippen molar-refractivity contribution < 1.29 is 18.7 Å². The maximum Gasteiger partial charge on any atom is 0.317 e. The first-order valence-corrected chi connectivity index (χ1v) is 8.92. The van der Waals surface area contributed by atoms with Crippen LogP contribution in [0.3, 0.4) is 0 Å². The van der Waals surface area contributed by atoms with Gasteiger partial charge < -0.3 is 24.1 Å². The molecular weight excluding hydrogens is 320 g/mol. The van der Waals surface area contributed by atoms with E-state index in [4.69, 9.17) is 13.9 Å². The first-order valence-electron chi connectivity index (χ1n) is 8.92. The molecular formula is C19H24N2O4. The molecule has 0 unspecified atom stereocenters. The summed E-state index contributed by atoms with van der Waals surface area (Å²) in [5.74, 6) is 0.413. The van der Waals surface area contributed by atoms with E-state index in [0.717, 1.165) is 36.1 Å². The number of fused-ring (bicyclic) bond motifs is 1. The molecule has 6 heteroatoms. The van der Waals surface area contributed by atoms with Gasteiger partial charge in [0.25, 0.3) is 0 Å². The molecule has 2 saturated heterocycles. The van der Waals surface area contributed by atoms with Crippen LogP contribution in [0.25, 0.3) is 11.0 Å². The second-order valence-electron chi connectivity index (χ2n) is 6.91. The van der Waals surface area contributed by atoms with Gasteiger partial charge in [-0.2, -0.15) is 0 Å². The monoisotopic (exact) mass is 344 g/mol. The fraction of sp³-hybridized carbons (Fsp3) is 0.526. The summed E-state index contributed by atoms with van der Waals surface area (Å²) in [4.78, 5) is 14.4. The third-order valence-corrected chi connectivity index (χ3v) is 5.20. The molecule has 4 rings (SSSR count). The zero-order valence-electron chi connectivity index (χ0n) is 14.5. The Balaban J connectivity index is 1.35. The summed E-state index contributed by atoms with van der Waals surface area (Å²) in [5.41, 5.74) is 0.841. The average Bonchev–Trinajstić information content (AvgIpc) is 3.26. The summed E-state index contributed by atoms with van der Waals surface area (Å²) < 4.78 is 17.3. The maximum absolute atomic E-state index is 12.5. The van der Waals surface area contributed by atoms with E-state index in [1.54, 1.807) is 0 Å². The zero-order chi connectivity index (χ0) is 17.3. The average molecular weight is 344 g/mol. The lowest BCUT2D eigenvalue weighted by atomic mass is 9.90. The quantitative estimate of drug-likeness (QED) is 0.929. The van der Waals surface area contributed by atoms with Gasteiger partial charge in [-0.25, -0.2) is 4.79 Å². The lowest BCUT2D eigenvalue weighted by Crippen LogP contribution is -2.51. The van der Waals surface area contributed by atoms with Crippen LogP contribution in [0.4, 0.5) is 4.79 Å². The van der Waals surface area contributed by atoms with E-state index >= 15 is 0 Å². The molecule has 0 bridgehead atoms. The van der Waals surface area contributed by atoms with E-state index in [1.807, 2.05) is 42.2 Å². The highest BCUT2D eigenvalue weighted by Gasteiger charge is 2.42. The first kappa shape index (κ1) is 16.4. The van der Waals surface area contributed by atoms with Crippen LogP contribution in [0.1, 0.15) is 25.5 Å². The second-order valence-corrected chi connectivity index (χ2v) is 6.91. The van der Waals surface area contributed by atoms with Gasteiger partial charge in [0, 0.05) is 24.4 Å². The number of nitrogens with zero attached hydrogens (tertiary/aromatic N) is 1. The van der Waals surface area contributed by atoms with Crippen molar-refractivity contribution in [3.8, 4) is 0 Å². The molecule has 1 aromatic heterocycles. The van der Waals surface area contributed by atoms with Gasteiger partial charge in [0.2, 0.25) is 0 Å². The van der Waals surface area contributed by atoms with Gasteiger partial charge in [-0.1, -0.05) is 18.2 Å². The summed E-state index contributed by atoms with van der Waals surface area (Å²) in [6.45, 7) is 5.05. The third kappa shape index (κ3) is 3.37. The minimum atomic E-state index is -0.558. The Labute approximate surface area is 147 Å². The van der Waals surface area contributed by atoms with E-state index in [1.165, 1.54) is 0 Å². The molecule has 0 radical (unpaired) electrons. The molecule has 1 atom stereocenters. The van der Waals surface area contributed by atoms with Gasteiger partial charge >= 0.3 is 6.03 Å². The van der Waals surface area contributed by atoms with Gasteiger partial charge in [-0.15, -0.1) is 0 Å². The Hall–Kier alpha value is -2.05. The highest BCUT2D eigenvalue weighted by atomic mass is 16.7. The molecule has 1 aromatic carbocycles. The highest BCUT2D eigenvalue weighted by Crippen LogP contribution is 2.34. The van der Waals surface area contributed by atoms with Crippen molar-refractivity contribution >= 4 is 17.0 Å². The molecule has 2 aliphatic rings. The number of amides is 2. The van der Waals surface area contributed by atoms with Crippen LogP contribution in [-0.4, -0.2) is 43.0 Å². The summed E-state index contributed by atoms with van der Waals surface area (Å²) in [6, 6.07) is 9.75. The molecule has 6 nitrogen and oxygen atoms in total. The zero-order valence-corrected chi connectivity index (χ0v) is 14.5. The Bertz CT molecular complexity index is 718. The van der Waals surface area contributed by atoms with Gasteiger partial charge in [0.05, 0.1) is 19.8 Å². The third-order valence-electron chi connectivity index (χ3n) is 5.20. The van der Waals surface area contributed by atoms with E-state index in [2.05, 4.69) is 5.32 Å². The summed E-state index contributed by atoms with van der Waals surface area (Å²) >= 11 is 0. The van der Waals surface area contributed by atoms with Crippen molar-refractivity contribution in [2.24, 2.45) is 5.92 Å². The topological polar surface area (TPSA) is 63.9 Å². The fourth-order valence-corrected chi connectivity index (χ4v) is 3.75. The minimum absolute atomic E-state index is 0.0632. The van der Waals surface area contributed by atoms with Crippen LogP contribution >= 0.6 is 0 Å². The molecule has 3 heterocycles. The number of benzene rings is 1. The van der Waals surface area contributed by atoms with E-state index in [0.29, 0.717) is 26.3 Å². The van der Waals surface area contributed by atoms with Crippen molar-refractivity contribution in [2.45, 2.75) is 32.1 Å². The summed E-state index contributed by atoms with van der Waals surface area (Å²) in [7, 11) is 0. The molecule has 2 aromatic rings. The highest BCUT2D eigenvalue weighted by molar-refractivity contribution is 5.78. The number of rotatable bonds is 3. The number of piperidine rings is 1. The molecule has 0 spiro atoms. The van der Waals surface area contributed by atoms with Crippen LogP contribution in [0, 0.1) is 5.92 Å². The summed E-state index contributed by atoms with van der Waals surface area (Å²) in [6.07, 6.45) is 1.98. The van der Waals surface area contributed by atoms with Crippen molar-refractivity contribution in [2.75, 3.05) is 26.3 Å². The normalized spacial score (nSPS) is 23.1. The lowest BCUT2D eigenvalue weighted by Gasteiger charge is -2.39. The first-order chi connectivity index (χ1) is 12.1. The maximum atomic E-state index is 12.5. The van der Waals surface area contributed by atoms with Crippen molar-refractivity contribution in [1.82, 2.24) is 10.2 Å². The van der Waals surface area contributed by atoms with Gasteiger partial charge in [-0.3, -0.25) is 0 Å². The molecule has 25 heavy (non-hydrogen) atoms. The Morgan fingerprint density at radius 1 is 1.32 bits per heavy atom. The van der Waals surface area contributed by atoms with Gasteiger partial charge in [0.15, 0.2) is 5.79 Å². The molecule has 2 aliphatic heterocycles. The van der Waals surface area contributed by atoms with Crippen LogP contribution in [0.15, 0.2) is 34.7 Å². The van der Waals surface area contributed by atoms with Gasteiger partial charge in [-0.05, 0) is 31.9 Å². The van der Waals surface area contributed by atoms with Crippen LogP contribution in [0.5, 0.6) is 0 Å². The molecule has 0 aliphatic carbocycles. The standard InChI is InChI=1S/C19H24N2O4/c1-19(23-9-10-24-19)15-6-4-8-21(13-15)18(22)20-12-16-11-14-5-2-3-7-17(14)25-16/h2-3,5,7,11,15H,4,6,8-10,12-13H2,1H3,(H,20,22)/t15-/m1/s1. The molecule has 2 fully saturated rings. The predicted octanol–water partition coefficient (Wildman–Crippen LogP) is 3.12. The number of nitrogens with one attached hydrogen (secondary N) is 1. The number of urea groups is 1. The fourth-order valence-electron chi connectivity index (χ4n) is 3.75. The SMILES string of the molecule is CC1([C@@H]2CCCN(C(=O)NCc3cc4ccccc4o3)C2)OCCO1. The Kier molecular flexibility index (Phi) is 4.39. The number of ether oxygens (including phenoxy) is 2. The van der Waals surface area contributed by atoms with Gasteiger partial charge in [0.1, 0.15) is 11.3 Å². The van der Waals surface area contributed by atoms with Crippen LogP contribution in [0.2, 0.25) is 0 Å². The lowest BCUT2D eigenvalue weighted by molar-refractivity contribution is -0.189. The van der Waals surface area contributed by atoms with Crippen molar-refractivity contribution in [3.63, 3.8) is 0 Å². The Morgan fingerprint density at radius 2 is 2.12 bits per heavy atom. The van der Waals surface area contributed by atoms with Crippen LogP contribution < -0.4 is 5.32 Å². The van der Waals surface area contributed by atoms with E-state index in [9.17, 15) is 4.79 Å². The number of hydrogen-bond acceptors (Lipinski definition) is 4. The van der Waals surface area contributed by atoms with Crippen molar-refractivity contribution in [3.05, 3.63) is 36.1 Å².